The number of hydrogen-bond acceptors (Lipinski definition) is 11. The first-order valence-electron chi connectivity index (χ1n) is 7.77. The number of halogens is 2. The van der Waals surface area contributed by atoms with Crippen molar-refractivity contribution in [1.82, 2.24) is 9.55 Å². The largest absolute Gasteiger partial charge is 0.490 e. The van der Waals surface area contributed by atoms with Crippen LogP contribution in [0.3, 0.4) is 0 Å². The van der Waals surface area contributed by atoms with E-state index in [1.807, 2.05) is 0 Å². The van der Waals surface area contributed by atoms with Crippen LogP contribution >= 0.6 is 35.1 Å². The van der Waals surface area contributed by atoms with Gasteiger partial charge < -0.3 is 34.5 Å². The van der Waals surface area contributed by atoms with E-state index in [1.54, 1.807) is 4.98 Å². The quantitative estimate of drug-likeness (QED) is 0.135. The zero-order valence-electron chi connectivity index (χ0n) is 15.1. The summed E-state index contributed by atoms with van der Waals surface area (Å²) in [6.45, 7) is -1.44. The smallest absolute Gasteiger partial charge is 0.384 e. The number of aromatic nitrogens is 2. The average Bonchev–Trinajstić information content (AvgIpc) is 2.78. The monoisotopic (exact) mass is 550 g/mol. The molecule has 1 saturated heterocycles. The van der Waals surface area contributed by atoms with Gasteiger partial charge in [0.05, 0.1) is 12.5 Å². The normalized spacial score (nSPS) is 32.4. The van der Waals surface area contributed by atoms with E-state index in [9.17, 15) is 42.8 Å². The fourth-order valence-corrected chi connectivity index (χ4v) is 5.85. The Morgan fingerprint density at radius 2 is 1.78 bits per heavy atom. The van der Waals surface area contributed by atoms with Gasteiger partial charge in [0.1, 0.15) is 11.7 Å². The van der Waals surface area contributed by atoms with Gasteiger partial charge in [0, 0.05) is 12.3 Å². The first-order chi connectivity index (χ1) is 14.3. The van der Waals surface area contributed by atoms with Crippen LogP contribution in [0.5, 0.6) is 0 Å². The lowest BCUT2D eigenvalue weighted by Crippen LogP contribution is -2.52. The highest BCUT2D eigenvalue weighted by molar-refractivity contribution is 7.66. The van der Waals surface area contributed by atoms with E-state index in [4.69, 9.17) is 31.0 Å². The summed E-state index contributed by atoms with van der Waals surface area (Å²) in [5.41, 5.74) is -4.79. The van der Waals surface area contributed by atoms with Crippen LogP contribution < -0.4 is 11.2 Å². The van der Waals surface area contributed by atoms with Crippen molar-refractivity contribution in [2.24, 2.45) is 0 Å². The minimum absolute atomic E-state index is 0.309. The van der Waals surface area contributed by atoms with E-state index in [0.717, 1.165) is 6.07 Å². The Labute approximate surface area is 180 Å². The Morgan fingerprint density at radius 1 is 1.19 bits per heavy atom. The molecule has 0 aromatic carbocycles. The predicted octanol–water partition coefficient (Wildman–Crippen LogP) is -1.59. The van der Waals surface area contributed by atoms with Gasteiger partial charge in [0.2, 0.25) is 6.23 Å². The molecule has 2 heterocycles. The number of phosphoric ester groups is 1. The molecule has 0 saturated carbocycles. The maximum Gasteiger partial charge on any atom is 0.490 e. The molecule has 1 fully saturated rings. The van der Waals surface area contributed by atoms with Gasteiger partial charge in [-0.05, 0) is 0 Å². The zero-order valence-corrected chi connectivity index (χ0v) is 18.6. The molecule has 184 valence electrons. The molecule has 0 amide bonds. The maximum absolute atomic E-state index is 14.9. The van der Waals surface area contributed by atoms with Crippen molar-refractivity contribution >= 4 is 35.1 Å². The fraction of sp³-hybridized carbons (Fsp3) is 0.600. The minimum atomic E-state index is -5.88. The summed E-state index contributed by atoms with van der Waals surface area (Å²) >= 11 is 5.62. The van der Waals surface area contributed by atoms with E-state index in [-0.39, 0.29) is 0 Å². The van der Waals surface area contributed by atoms with Gasteiger partial charge in [0.15, 0.2) is 0 Å². The van der Waals surface area contributed by atoms with Crippen LogP contribution in [0, 0.1) is 0 Å². The molecule has 3 unspecified atom stereocenters. The number of ether oxygens (including phenoxy) is 1. The lowest BCUT2D eigenvalue weighted by atomic mass is 9.97. The zero-order chi connectivity index (χ0) is 24.8. The van der Waals surface area contributed by atoms with Gasteiger partial charge in [-0.3, -0.25) is 18.9 Å². The van der Waals surface area contributed by atoms with Gasteiger partial charge in [-0.15, -0.1) is 11.6 Å². The summed E-state index contributed by atoms with van der Waals surface area (Å²) in [5, 5.41) is 20.2. The Balaban J connectivity index is 2.28. The minimum Gasteiger partial charge on any atom is -0.384 e. The van der Waals surface area contributed by atoms with Gasteiger partial charge in [0.25, 0.3) is 11.4 Å². The lowest BCUT2D eigenvalue weighted by molar-refractivity contribution is -0.197. The molecular weight excluding hydrogens is 535 g/mol. The topological polar surface area (TPSA) is 264 Å². The van der Waals surface area contributed by atoms with Crippen LogP contribution in [0.4, 0.5) is 4.39 Å². The molecule has 0 spiro atoms. The summed E-state index contributed by atoms with van der Waals surface area (Å²) in [5.74, 6) is -4.78. The van der Waals surface area contributed by atoms with Gasteiger partial charge in [-0.1, -0.05) is 0 Å². The van der Waals surface area contributed by atoms with Crippen LogP contribution in [0.2, 0.25) is 0 Å². The molecule has 1 aliphatic heterocycles. The molecule has 0 aliphatic carbocycles. The third-order valence-corrected chi connectivity index (χ3v) is 8.03. The number of aliphatic hydroxyl groups is 2. The first-order valence-corrected chi connectivity index (χ1v) is 12.8. The van der Waals surface area contributed by atoms with Crippen LogP contribution in [0.15, 0.2) is 21.9 Å². The number of hydrogen-bond donors (Lipinski definition) is 7. The van der Waals surface area contributed by atoms with E-state index in [2.05, 4.69) is 13.1 Å². The third-order valence-electron chi connectivity index (χ3n) is 3.79. The SMILES string of the molecule is O=c1ccn([C@@H]2O[C@](CCl)(COP(=O)(O)OP(=O)(O)OP(=O)(O)O)[C@H](O)C2(O)F)c(=O)[nH]1. The maximum atomic E-state index is 14.9. The van der Waals surface area contributed by atoms with Crippen molar-refractivity contribution in [3.63, 3.8) is 0 Å². The highest BCUT2D eigenvalue weighted by Gasteiger charge is 2.66. The Bertz CT molecular complexity index is 1120. The summed E-state index contributed by atoms with van der Waals surface area (Å²) in [4.78, 5) is 60.3. The summed E-state index contributed by atoms with van der Waals surface area (Å²) in [6.07, 6.45) is -4.36. The highest BCUT2D eigenvalue weighted by atomic mass is 35.5. The number of phosphoric acid groups is 3. The molecule has 1 aromatic heterocycles. The summed E-state index contributed by atoms with van der Waals surface area (Å²) in [6, 6.07) is 0.736. The van der Waals surface area contributed by atoms with E-state index >= 15 is 0 Å². The number of H-pyrrole nitrogens is 1. The Kier molecular flexibility index (Phi) is 7.80. The Morgan fingerprint density at radius 3 is 2.28 bits per heavy atom. The van der Waals surface area contributed by atoms with Crippen LogP contribution in [0.25, 0.3) is 0 Å². The molecule has 22 heteroatoms. The molecule has 1 aliphatic rings. The number of nitrogens with zero attached hydrogens (tertiary/aromatic N) is 1. The number of rotatable bonds is 9. The van der Waals surface area contributed by atoms with Crippen molar-refractivity contribution in [1.29, 1.82) is 0 Å². The molecule has 1 aromatic rings. The Hall–Kier alpha value is -0.810. The molecular formula is C10H15ClFN2O15P3. The number of nitrogens with one attached hydrogen (secondary N) is 1. The van der Waals surface area contributed by atoms with E-state index < -0.39 is 71.0 Å². The average molecular weight is 551 g/mol. The van der Waals surface area contributed by atoms with Crippen molar-refractivity contribution in [2.45, 2.75) is 23.8 Å². The number of alkyl halides is 2. The van der Waals surface area contributed by atoms with Crippen molar-refractivity contribution < 1.29 is 65.8 Å². The second-order valence-corrected chi connectivity index (χ2v) is 10.9. The molecule has 0 radical (unpaired) electrons. The van der Waals surface area contributed by atoms with Crippen LogP contribution in [-0.2, 0) is 31.6 Å². The van der Waals surface area contributed by atoms with Crippen LogP contribution in [-0.4, -0.2) is 69.4 Å². The molecule has 2 rings (SSSR count). The lowest BCUT2D eigenvalue weighted by Gasteiger charge is -2.30. The highest BCUT2D eigenvalue weighted by Crippen LogP contribution is 2.66. The van der Waals surface area contributed by atoms with E-state index in [0.29, 0.717) is 10.8 Å². The van der Waals surface area contributed by atoms with E-state index in [1.165, 1.54) is 0 Å². The van der Waals surface area contributed by atoms with Crippen molar-refractivity contribution in [2.75, 3.05) is 12.5 Å². The fourth-order valence-electron chi connectivity index (χ4n) is 2.49. The molecule has 6 atom stereocenters. The third kappa shape index (κ3) is 6.20. The summed E-state index contributed by atoms with van der Waals surface area (Å²) < 4.78 is 65.3. The summed E-state index contributed by atoms with van der Waals surface area (Å²) in [7, 11) is -17.3. The second-order valence-electron chi connectivity index (χ2n) is 6.18. The molecule has 32 heavy (non-hydrogen) atoms. The van der Waals surface area contributed by atoms with Gasteiger partial charge in [-0.25, -0.2) is 22.9 Å². The van der Waals surface area contributed by atoms with Crippen molar-refractivity contribution in [3.8, 4) is 0 Å². The van der Waals surface area contributed by atoms with Gasteiger partial charge >= 0.3 is 29.2 Å². The first kappa shape index (κ1) is 27.4. The standard InChI is InChI=1S/C10H15ClFN2O15P3/c11-3-9(4-26-31(22,23)29-32(24,25)28-30(19,20)21)6(16)10(12,18)7(27-9)14-2-1-5(15)13-8(14)17/h1-2,6-7,16,18H,3-4H2,(H,22,23)(H,24,25)(H,13,15,17)(H2,19,20,21)/t6-,7+,9+,10?/m0/s1. The molecule has 7 N–H and O–H groups in total. The van der Waals surface area contributed by atoms with Crippen molar-refractivity contribution in [3.05, 3.63) is 33.1 Å². The second kappa shape index (κ2) is 9.09. The van der Waals surface area contributed by atoms with Gasteiger partial charge in [-0.2, -0.15) is 8.62 Å². The predicted molar refractivity (Wildman–Crippen MR) is 96.8 cm³/mol. The number of aromatic amines is 1. The number of aliphatic hydroxyl groups excluding tert-OH is 1. The molecule has 0 bridgehead atoms. The van der Waals surface area contributed by atoms with Crippen LogP contribution in [0.1, 0.15) is 6.23 Å². The molecule has 17 nitrogen and oxygen atoms in total.